The monoisotopic (exact) mass is 207 g/mol. The van der Waals surface area contributed by atoms with Crippen molar-refractivity contribution in [3.8, 4) is 0 Å². The molecule has 1 aliphatic heterocycles. The molecule has 15 heavy (non-hydrogen) atoms. The fourth-order valence-corrected chi connectivity index (χ4v) is 2.06. The second kappa shape index (κ2) is 4.31. The van der Waals surface area contributed by atoms with Crippen LogP contribution in [0.5, 0.6) is 0 Å². The zero-order valence-corrected chi connectivity index (χ0v) is 8.69. The van der Waals surface area contributed by atoms with Gasteiger partial charge in [-0.15, -0.1) is 0 Å². The lowest BCUT2D eigenvalue weighted by atomic mass is 9.84. The highest BCUT2D eigenvalue weighted by Gasteiger charge is 2.37. The van der Waals surface area contributed by atoms with Crippen molar-refractivity contribution in [2.24, 2.45) is 0 Å². The molecule has 1 aromatic carbocycles. The van der Waals surface area contributed by atoms with Gasteiger partial charge in [-0.1, -0.05) is 30.3 Å². The van der Waals surface area contributed by atoms with Gasteiger partial charge in [0, 0.05) is 13.0 Å². The summed E-state index contributed by atoms with van der Waals surface area (Å²) in [5, 5.41) is 23.1. The molecule has 0 aromatic heterocycles. The average Bonchev–Trinajstić information content (AvgIpc) is 2.24. The minimum atomic E-state index is -0.966. The van der Waals surface area contributed by atoms with Gasteiger partial charge in [0.1, 0.15) is 0 Å². The third-order valence-electron chi connectivity index (χ3n) is 3.05. The normalized spacial score (nSPS) is 31.5. The van der Waals surface area contributed by atoms with Crippen molar-refractivity contribution < 1.29 is 10.2 Å². The Balaban J connectivity index is 2.09. The van der Waals surface area contributed by atoms with E-state index in [1.54, 1.807) is 0 Å². The number of hydrogen-bond acceptors (Lipinski definition) is 3. The average molecular weight is 207 g/mol. The van der Waals surface area contributed by atoms with Crippen molar-refractivity contribution in [3.63, 3.8) is 0 Å². The zero-order valence-electron chi connectivity index (χ0n) is 8.69. The van der Waals surface area contributed by atoms with Crippen molar-refractivity contribution >= 4 is 0 Å². The molecule has 1 aliphatic rings. The smallest absolute Gasteiger partial charge is 0.0970 e. The maximum absolute atomic E-state index is 10.3. The van der Waals surface area contributed by atoms with Gasteiger partial charge in [-0.2, -0.15) is 0 Å². The SMILES string of the molecule is O[C@H]1CNCCC1(O)Cc1ccccc1. The van der Waals surface area contributed by atoms with Gasteiger partial charge >= 0.3 is 0 Å². The molecule has 1 unspecified atom stereocenters. The van der Waals surface area contributed by atoms with E-state index in [4.69, 9.17) is 0 Å². The first-order valence-corrected chi connectivity index (χ1v) is 5.36. The molecule has 3 heteroatoms. The van der Waals surface area contributed by atoms with E-state index >= 15 is 0 Å². The van der Waals surface area contributed by atoms with Gasteiger partial charge in [-0.05, 0) is 18.5 Å². The summed E-state index contributed by atoms with van der Waals surface area (Å²) in [5.41, 5.74) is 0.105. The van der Waals surface area contributed by atoms with E-state index in [2.05, 4.69) is 5.32 Å². The van der Waals surface area contributed by atoms with Crippen LogP contribution in [0.25, 0.3) is 0 Å². The maximum Gasteiger partial charge on any atom is 0.0970 e. The van der Waals surface area contributed by atoms with Crippen LogP contribution in [-0.2, 0) is 6.42 Å². The topological polar surface area (TPSA) is 52.5 Å². The Kier molecular flexibility index (Phi) is 3.05. The lowest BCUT2D eigenvalue weighted by Crippen LogP contribution is -2.55. The molecule has 0 aliphatic carbocycles. The summed E-state index contributed by atoms with van der Waals surface area (Å²) in [6.07, 6.45) is 0.450. The van der Waals surface area contributed by atoms with Crippen LogP contribution in [0.3, 0.4) is 0 Å². The number of piperidine rings is 1. The number of β-amino-alcohol motifs (C(OH)–C–C–N with tert-alkyl or cyclic N) is 1. The summed E-state index contributed by atoms with van der Waals surface area (Å²) < 4.78 is 0. The predicted octanol–water partition coefficient (Wildman–Crippen LogP) is 0.314. The Hall–Kier alpha value is -0.900. The third-order valence-corrected chi connectivity index (χ3v) is 3.05. The molecule has 0 radical (unpaired) electrons. The molecule has 2 atom stereocenters. The van der Waals surface area contributed by atoms with Crippen LogP contribution < -0.4 is 5.32 Å². The molecule has 1 aromatic rings. The number of aliphatic hydroxyl groups excluding tert-OH is 1. The fourth-order valence-electron chi connectivity index (χ4n) is 2.06. The summed E-state index contributed by atoms with van der Waals surface area (Å²) in [6, 6.07) is 9.81. The summed E-state index contributed by atoms with van der Waals surface area (Å²) in [6.45, 7) is 1.24. The number of nitrogens with one attached hydrogen (secondary N) is 1. The van der Waals surface area contributed by atoms with Crippen LogP contribution in [0.1, 0.15) is 12.0 Å². The highest BCUT2D eigenvalue weighted by molar-refractivity contribution is 5.18. The Morgan fingerprint density at radius 3 is 2.73 bits per heavy atom. The van der Waals surface area contributed by atoms with E-state index in [9.17, 15) is 10.2 Å². The minimum Gasteiger partial charge on any atom is -0.389 e. The van der Waals surface area contributed by atoms with E-state index < -0.39 is 11.7 Å². The number of aliphatic hydroxyl groups is 2. The quantitative estimate of drug-likeness (QED) is 0.654. The van der Waals surface area contributed by atoms with Gasteiger partial charge in [0.2, 0.25) is 0 Å². The van der Waals surface area contributed by atoms with Gasteiger partial charge in [0.05, 0.1) is 11.7 Å². The highest BCUT2D eigenvalue weighted by atomic mass is 16.3. The molecular weight excluding hydrogens is 190 g/mol. The first kappa shape index (κ1) is 10.6. The number of benzene rings is 1. The zero-order chi connectivity index (χ0) is 10.7. The molecule has 1 saturated heterocycles. The summed E-state index contributed by atoms with van der Waals surface area (Å²) in [7, 11) is 0. The van der Waals surface area contributed by atoms with E-state index in [1.165, 1.54) is 0 Å². The number of rotatable bonds is 2. The molecule has 2 rings (SSSR count). The van der Waals surface area contributed by atoms with Crippen molar-refractivity contribution in [3.05, 3.63) is 35.9 Å². The van der Waals surface area contributed by atoms with E-state index in [-0.39, 0.29) is 0 Å². The van der Waals surface area contributed by atoms with E-state index in [0.717, 1.165) is 12.1 Å². The second-order valence-corrected chi connectivity index (χ2v) is 4.24. The van der Waals surface area contributed by atoms with Crippen molar-refractivity contribution in [1.82, 2.24) is 5.32 Å². The van der Waals surface area contributed by atoms with E-state index in [1.807, 2.05) is 30.3 Å². The largest absolute Gasteiger partial charge is 0.389 e. The van der Waals surface area contributed by atoms with Gasteiger partial charge < -0.3 is 15.5 Å². The Labute approximate surface area is 89.8 Å². The van der Waals surface area contributed by atoms with Gasteiger partial charge in [0.15, 0.2) is 0 Å². The summed E-state index contributed by atoms with van der Waals surface area (Å²) >= 11 is 0. The van der Waals surface area contributed by atoms with Crippen LogP contribution in [0.15, 0.2) is 30.3 Å². The molecule has 1 fully saturated rings. The van der Waals surface area contributed by atoms with Crippen LogP contribution in [0.4, 0.5) is 0 Å². The summed E-state index contributed by atoms with van der Waals surface area (Å²) in [4.78, 5) is 0. The van der Waals surface area contributed by atoms with Crippen molar-refractivity contribution in [2.75, 3.05) is 13.1 Å². The van der Waals surface area contributed by atoms with Crippen LogP contribution in [0.2, 0.25) is 0 Å². The van der Waals surface area contributed by atoms with Crippen LogP contribution in [-0.4, -0.2) is 35.0 Å². The van der Waals surface area contributed by atoms with Crippen LogP contribution >= 0.6 is 0 Å². The molecule has 0 spiro atoms. The summed E-state index contributed by atoms with van der Waals surface area (Å²) in [5.74, 6) is 0. The molecule has 1 heterocycles. The number of hydrogen-bond donors (Lipinski definition) is 3. The molecule has 3 N–H and O–H groups in total. The molecule has 0 bridgehead atoms. The fraction of sp³-hybridized carbons (Fsp3) is 0.500. The van der Waals surface area contributed by atoms with Crippen molar-refractivity contribution in [2.45, 2.75) is 24.5 Å². The van der Waals surface area contributed by atoms with Gasteiger partial charge in [-0.25, -0.2) is 0 Å². The maximum atomic E-state index is 10.3. The van der Waals surface area contributed by atoms with Gasteiger partial charge in [-0.3, -0.25) is 0 Å². The lowest BCUT2D eigenvalue weighted by molar-refractivity contribution is -0.0911. The first-order valence-electron chi connectivity index (χ1n) is 5.36. The second-order valence-electron chi connectivity index (χ2n) is 4.24. The first-order chi connectivity index (χ1) is 7.21. The molecule has 0 saturated carbocycles. The Morgan fingerprint density at radius 2 is 2.07 bits per heavy atom. The van der Waals surface area contributed by atoms with Crippen molar-refractivity contribution in [1.29, 1.82) is 0 Å². The highest BCUT2D eigenvalue weighted by Crippen LogP contribution is 2.23. The molecule has 82 valence electrons. The minimum absolute atomic E-state index is 0.476. The Morgan fingerprint density at radius 1 is 1.33 bits per heavy atom. The van der Waals surface area contributed by atoms with E-state index in [0.29, 0.717) is 19.4 Å². The van der Waals surface area contributed by atoms with Crippen LogP contribution in [0, 0.1) is 0 Å². The molecular formula is C12H17NO2. The lowest BCUT2D eigenvalue weighted by Gasteiger charge is -2.37. The molecule has 3 nitrogen and oxygen atoms in total. The third kappa shape index (κ3) is 2.37. The standard InChI is InChI=1S/C12H17NO2/c14-11-9-13-7-6-12(11,15)8-10-4-2-1-3-5-10/h1-5,11,13-15H,6-9H2/t11-,12?/m0/s1. The Bertz CT molecular complexity index is 315. The molecule has 0 amide bonds. The predicted molar refractivity (Wildman–Crippen MR) is 58.6 cm³/mol. The van der Waals surface area contributed by atoms with Gasteiger partial charge in [0.25, 0.3) is 0 Å².